The lowest BCUT2D eigenvalue weighted by atomic mass is 10.2. The van der Waals surface area contributed by atoms with Gasteiger partial charge in [0.15, 0.2) is 0 Å². The number of halogens is 1. The van der Waals surface area contributed by atoms with Crippen LogP contribution in [0.1, 0.15) is 24.4 Å². The number of benzene rings is 2. The van der Waals surface area contributed by atoms with Crippen LogP contribution in [0.3, 0.4) is 0 Å². The zero-order valence-electron chi connectivity index (χ0n) is 16.2. The molecule has 4 aromatic rings. The third kappa shape index (κ3) is 3.60. The minimum atomic E-state index is -0.564. The second kappa shape index (κ2) is 7.93. The highest BCUT2D eigenvalue weighted by molar-refractivity contribution is 6.35. The quantitative estimate of drug-likeness (QED) is 0.445. The van der Waals surface area contributed by atoms with E-state index < -0.39 is 6.04 Å². The zero-order chi connectivity index (χ0) is 22.1. The molecule has 0 amide bonds. The van der Waals surface area contributed by atoms with Crippen LogP contribution in [0, 0.1) is 11.3 Å². The van der Waals surface area contributed by atoms with Crippen molar-refractivity contribution in [3.8, 4) is 17.5 Å². The summed E-state index contributed by atoms with van der Waals surface area (Å²) < 4.78 is 1.40. The van der Waals surface area contributed by atoms with E-state index in [2.05, 4.69) is 20.3 Å². The van der Waals surface area contributed by atoms with E-state index in [1.165, 1.54) is 23.0 Å². The normalized spacial score (nSPS) is 11.8. The van der Waals surface area contributed by atoms with Crippen molar-refractivity contribution in [2.24, 2.45) is 0 Å². The van der Waals surface area contributed by atoms with Crippen molar-refractivity contribution >= 4 is 34.1 Å². The fourth-order valence-electron chi connectivity index (χ4n) is 3.24. The van der Waals surface area contributed by atoms with Gasteiger partial charge in [0.1, 0.15) is 41.2 Å². The predicted octanol–water partition coefficient (Wildman–Crippen LogP) is 3.16. The second-order valence-electron chi connectivity index (χ2n) is 6.72. The van der Waals surface area contributed by atoms with Crippen LogP contribution in [0.4, 0.5) is 11.6 Å². The fourth-order valence-corrected chi connectivity index (χ4v) is 3.49. The molecular weight excluding hydrogens is 418 g/mol. The monoisotopic (exact) mass is 433 g/mol. The number of aromatic hydroxyl groups is 1. The van der Waals surface area contributed by atoms with Gasteiger partial charge in [-0.1, -0.05) is 17.7 Å². The molecule has 0 saturated carbocycles. The highest BCUT2D eigenvalue weighted by Crippen LogP contribution is 2.26. The molecule has 0 bridgehead atoms. The number of nitrogens with one attached hydrogen (secondary N) is 1. The molecule has 2 aromatic heterocycles. The summed E-state index contributed by atoms with van der Waals surface area (Å²) in [5, 5.41) is 22.7. The van der Waals surface area contributed by atoms with Crippen LogP contribution in [0.25, 0.3) is 16.6 Å². The Labute approximate surface area is 181 Å². The topological polar surface area (TPSA) is 143 Å². The second-order valence-corrected chi connectivity index (χ2v) is 7.13. The Hall–Kier alpha value is -4.16. The van der Waals surface area contributed by atoms with Gasteiger partial charge in [-0.3, -0.25) is 9.36 Å². The number of nitrogens with two attached hydrogens (primary N) is 1. The van der Waals surface area contributed by atoms with E-state index in [1.54, 1.807) is 37.3 Å². The Morgan fingerprint density at radius 1 is 1.23 bits per heavy atom. The molecule has 10 heteroatoms. The van der Waals surface area contributed by atoms with Crippen molar-refractivity contribution in [2.75, 3.05) is 11.1 Å². The number of aromatic nitrogens is 4. The van der Waals surface area contributed by atoms with Gasteiger partial charge in [0.05, 0.1) is 27.7 Å². The molecule has 0 spiro atoms. The SMILES string of the molecule is C[C@H](Nc1ncnc(N)c1C#N)c1nc2cccc(Cl)c2c(=O)n1-c1ccc(O)cc1. The van der Waals surface area contributed by atoms with Crippen LogP contribution in [-0.4, -0.2) is 24.6 Å². The molecule has 1 atom stereocenters. The fraction of sp³-hybridized carbons (Fsp3) is 0.0952. The maximum absolute atomic E-state index is 13.4. The Kier molecular flexibility index (Phi) is 5.15. The summed E-state index contributed by atoms with van der Waals surface area (Å²) in [7, 11) is 0. The van der Waals surface area contributed by atoms with E-state index in [-0.39, 0.29) is 38.9 Å². The molecule has 2 heterocycles. The Bertz CT molecular complexity index is 1390. The summed E-state index contributed by atoms with van der Waals surface area (Å²) in [6.07, 6.45) is 1.24. The van der Waals surface area contributed by atoms with Crippen LogP contribution in [0.15, 0.2) is 53.6 Å². The molecule has 4 rings (SSSR count). The third-order valence-electron chi connectivity index (χ3n) is 4.71. The van der Waals surface area contributed by atoms with Crippen molar-refractivity contribution in [3.05, 3.63) is 75.6 Å². The highest BCUT2D eigenvalue weighted by atomic mass is 35.5. The summed E-state index contributed by atoms with van der Waals surface area (Å²) in [6, 6.07) is 12.6. The lowest BCUT2D eigenvalue weighted by Gasteiger charge is -2.20. The number of phenols is 1. The molecule has 0 radical (unpaired) electrons. The van der Waals surface area contributed by atoms with E-state index in [1.807, 2.05) is 6.07 Å². The van der Waals surface area contributed by atoms with E-state index in [4.69, 9.17) is 17.3 Å². The van der Waals surface area contributed by atoms with E-state index in [9.17, 15) is 15.2 Å². The molecule has 154 valence electrons. The van der Waals surface area contributed by atoms with Crippen LogP contribution in [0.2, 0.25) is 5.02 Å². The van der Waals surface area contributed by atoms with Crippen molar-refractivity contribution < 1.29 is 5.11 Å². The number of hydrogen-bond donors (Lipinski definition) is 3. The number of fused-ring (bicyclic) bond motifs is 1. The summed E-state index contributed by atoms with van der Waals surface area (Å²) in [4.78, 5) is 26.0. The number of nitrogen functional groups attached to an aromatic ring is 1. The average Bonchev–Trinajstić information content (AvgIpc) is 2.74. The molecule has 0 aliphatic rings. The van der Waals surface area contributed by atoms with Gasteiger partial charge < -0.3 is 16.2 Å². The number of hydrogen-bond acceptors (Lipinski definition) is 8. The Morgan fingerprint density at radius 2 is 1.97 bits per heavy atom. The summed E-state index contributed by atoms with van der Waals surface area (Å²) in [5.74, 6) is 0.680. The molecule has 0 unspecified atom stereocenters. The molecular formula is C21H16ClN7O2. The van der Waals surface area contributed by atoms with Gasteiger partial charge in [-0.25, -0.2) is 15.0 Å². The summed E-state index contributed by atoms with van der Waals surface area (Å²) >= 11 is 6.29. The highest BCUT2D eigenvalue weighted by Gasteiger charge is 2.21. The molecule has 9 nitrogen and oxygen atoms in total. The van der Waals surface area contributed by atoms with Gasteiger partial charge in [-0.15, -0.1) is 0 Å². The Morgan fingerprint density at radius 3 is 2.68 bits per heavy atom. The number of nitrogens with zero attached hydrogens (tertiary/aromatic N) is 5. The first-order chi connectivity index (χ1) is 14.9. The largest absolute Gasteiger partial charge is 0.508 e. The van der Waals surface area contributed by atoms with Gasteiger partial charge in [0, 0.05) is 0 Å². The van der Waals surface area contributed by atoms with Crippen LogP contribution in [-0.2, 0) is 0 Å². The summed E-state index contributed by atoms with van der Waals surface area (Å²) in [6.45, 7) is 1.77. The van der Waals surface area contributed by atoms with Crippen molar-refractivity contribution in [2.45, 2.75) is 13.0 Å². The van der Waals surface area contributed by atoms with E-state index >= 15 is 0 Å². The van der Waals surface area contributed by atoms with Gasteiger partial charge >= 0.3 is 0 Å². The smallest absolute Gasteiger partial charge is 0.267 e. The Balaban J connectivity index is 1.94. The predicted molar refractivity (Wildman–Crippen MR) is 117 cm³/mol. The van der Waals surface area contributed by atoms with Gasteiger partial charge in [0.25, 0.3) is 5.56 Å². The van der Waals surface area contributed by atoms with E-state index in [0.29, 0.717) is 17.0 Å². The molecule has 0 aliphatic heterocycles. The number of rotatable bonds is 4. The lowest BCUT2D eigenvalue weighted by molar-refractivity contribution is 0.475. The standard InChI is InChI=1S/C21H16ClN7O2/c1-11(27-19-14(9-23)18(24)25-10-26-19)20-28-16-4-2-3-15(22)17(16)21(31)29(20)12-5-7-13(30)8-6-12/h2-8,10-11,30H,1H3,(H3,24,25,26,27)/t11-/m0/s1. The van der Waals surface area contributed by atoms with Crippen molar-refractivity contribution in [3.63, 3.8) is 0 Å². The number of anilines is 2. The summed E-state index contributed by atoms with van der Waals surface area (Å²) in [5.41, 5.74) is 6.42. The maximum atomic E-state index is 13.4. The third-order valence-corrected chi connectivity index (χ3v) is 5.02. The minimum Gasteiger partial charge on any atom is -0.508 e. The molecule has 31 heavy (non-hydrogen) atoms. The molecule has 0 aliphatic carbocycles. The van der Waals surface area contributed by atoms with Crippen LogP contribution in [0.5, 0.6) is 5.75 Å². The lowest BCUT2D eigenvalue weighted by Crippen LogP contribution is -2.27. The minimum absolute atomic E-state index is 0.0429. The first kappa shape index (κ1) is 20.1. The van der Waals surface area contributed by atoms with Crippen LogP contribution >= 0.6 is 11.6 Å². The van der Waals surface area contributed by atoms with Gasteiger partial charge in [0.2, 0.25) is 0 Å². The van der Waals surface area contributed by atoms with Gasteiger partial charge in [-0.05, 0) is 43.3 Å². The zero-order valence-corrected chi connectivity index (χ0v) is 17.0. The van der Waals surface area contributed by atoms with E-state index in [0.717, 1.165) is 0 Å². The maximum Gasteiger partial charge on any atom is 0.267 e. The first-order valence-electron chi connectivity index (χ1n) is 9.18. The number of phenolic OH excluding ortho intramolecular Hbond substituents is 1. The van der Waals surface area contributed by atoms with Gasteiger partial charge in [-0.2, -0.15) is 5.26 Å². The average molecular weight is 434 g/mol. The molecule has 4 N–H and O–H groups in total. The molecule has 0 saturated heterocycles. The molecule has 0 fully saturated rings. The number of nitriles is 1. The first-order valence-corrected chi connectivity index (χ1v) is 9.56. The van der Waals surface area contributed by atoms with Crippen molar-refractivity contribution in [1.82, 2.24) is 19.5 Å². The van der Waals surface area contributed by atoms with Crippen molar-refractivity contribution in [1.29, 1.82) is 5.26 Å². The molecule has 2 aromatic carbocycles. The van der Waals surface area contributed by atoms with Crippen LogP contribution < -0.4 is 16.6 Å².